The van der Waals surface area contributed by atoms with Crippen LogP contribution in [0.3, 0.4) is 0 Å². The van der Waals surface area contributed by atoms with E-state index < -0.39 is 29.6 Å². The van der Waals surface area contributed by atoms with Crippen molar-refractivity contribution in [1.82, 2.24) is 20.4 Å². The monoisotopic (exact) mass is 557 g/mol. The lowest BCUT2D eigenvalue weighted by atomic mass is 9.94. The van der Waals surface area contributed by atoms with E-state index in [-0.39, 0.29) is 24.2 Å². The number of hydrogen-bond acceptors (Lipinski definition) is 7. The molecule has 3 aromatic carbocycles. The predicted octanol–water partition coefficient (Wildman–Crippen LogP) is 4.45. The molecule has 0 bridgehead atoms. The minimum Gasteiger partial charge on any atom is -0.444 e. The molecule has 2 atom stereocenters. The maximum atomic E-state index is 14.1. The third-order valence-electron chi connectivity index (χ3n) is 6.56. The van der Waals surface area contributed by atoms with Crippen LogP contribution < -0.4 is 11.1 Å². The van der Waals surface area contributed by atoms with E-state index in [0.717, 1.165) is 21.9 Å². The summed E-state index contributed by atoms with van der Waals surface area (Å²) in [6.07, 6.45) is 0.101. The van der Waals surface area contributed by atoms with Crippen LogP contribution in [0.1, 0.15) is 54.5 Å². The first-order valence-electron chi connectivity index (χ1n) is 13.4. The van der Waals surface area contributed by atoms with E-state index in [1.807, 2.05) is 72.8 Å². The van der Waals surface area contributed by atoms with Crippen molar-refractivity contribution in [3.05, 3.63) is 95.7 Å². The molecule has 0 aliphatic heterocycles. The van der Waals surface area contributed by atoms with Gasteiger partial charge in [0.1, 0.15) is 11.6 Å². The number of amides is 3. The van der Waals surface area contributed by atoms with Crippen molar-refractivity contribution in [3.63, 3.8) is 0 Å². The van der Waals surface area contributed by atoms with E-state index in [0.29, 0.717) is 12.8 Å². The molecule has 0 aliphatic carbocycles. The van der Waals surface area contributed by atoms with Crippen molar-refractivity contribution in [2.75, 3.05) is 13.6 Å². The number of aromatic nitrogens is 2. The van der Waals surface area contributed by atoms with Crippen molar-refractivity contribution < 1.29 is 23.5 Å². The van der Waals surface area contributed by atoms with E-state index in [9.17, 15) is 14.4 Å². The molecule has 0 saturated carbocycles. The van der Waals surface area contributed by atoms with Gasteiger partial charge in [-0.05, 0) is 49.1 Å². The van der Waals surface area contributed by atoms with Crippen LogP contribution in [0.15, 0.2) is 77.2 Å². The van der Waals surface area contributed by atoms with E-state index in [2.05, 4.69) is 15.5 Å². The van der Waals surface area contributed by atoms with Crippen LogP contribution in [0, 0.1) is 5.92 Å². The molecule has 0 fully saturated rings. The minimum absolute atomic E-state index is 0.0410. The van der Waals surface area contributed by atoms with E-state index >= 15 is 0 Å². The Morgan fingerprint density at radius 2 is 1.61 bits per heavy atom. The predicted molar refractivity (Wildman–Crippen MR) is 154 cm³/mol. The van der Waals surface area contributed by atoms with Crippen LogP contribution in [-0.2, 0) is 22.4 Å². The molecule has 214 valence electrons. The molecular formula is C31H35N5O5. The van der Waals surface area contributed by atoms with Crippen molar-refractivity contribution in [3.8, 4) is 0 Å². The van der Waals surface area contributed by atoms with Crippen molar-refractivity contribution >= 4 is 28.7 Å². The number of benzene rings is 3. The second-order valence-electron chi connectivity index (χ2n) is 10.9. The fourth-order valence-electron chi connectivity index (χ4n) is 4.56. The molecule has 41 heavy (non-hydrogen) atoms. The number of nitrogens with one attached hydrogen (secondary N) is 1. The van der Waals surface area contributed by atoms with Gasteiger partial charge >= 0.3 is 17.9 Å². The Morgan fingerprint density at radius 3 is 2.27 bits per heavy atom. The summed E-state index contributed by atoms with van der Waals surface area (Å²) in [5, 5.41) is 12.7. The SMILES string of the molecule is CN(C(=O)[C@@H](CNC(=O)OC(C)(C)C)Cc1ccc2ccccc2c1)[C@H](Cc1ccccc1)c1nnc(C(N)=O)o1. The van der Waals surface area contributed by atoms with Crippen LogP contribution in [0.2, 0.25) is 0 Å². The van der Waals surface area contributed by atoms with Crippen molar-refractivity contribution in [2.24, 2.45) is 11.7 Å². The van der Waals surface area contributed by atoms with E-state index in [4.69, 9.17) is 14.9 Å². The first-order valence-corrected chi connectivity index (χ1v) is 13.4. The summed E-state index contributed by atoms with van der Waals surface area (Å²) in [6.45, 7) is 5.37. The maximum Gasteiger partial charge on any atom is 0.407 e. The van der Waals surface area contributed by atoms with Crippen LogP contribution in [0.4, 0.5) is 4.79 Å². The second kappa shape index (κ2) is 12.6. The van der Waals surface area contributed by atoms with Crippen molar-refractivity contribution in [2.45, 2.75) is 45.3 Å². The van der Waals surface area contributed by atoms with Gasteiger partial charge in [0.05, 0.1) is 5.92 Å². The standard InChI is InChI=1S/C31H35N5O5/c1-31(2,3)41-30(39)33-19-24(17-21-14-15-22-12-8-9-13-23(22)16-21)29(38)36(4)25(18-20-10-6-5-7-11-20)27-34-35-28(40-27)26(32)37/h5-16,24-25H,17-19H2,1-4H3,(H2,32,37)(H,33,39)/t24-,25-/m1/s1. The Hall–Kier alpha value is -4.73. The van der Waals surface area contributed by atoms with Crippen LogP contribution in [0.25, 0.3) is 10.8 Å². The fraction of sp³-hybridized carbons (Fsp3) is 0.323. The van der Waals surface area contributed by atoms with E-state index in [1.165, 1.54) is 4.90 Å². The number of rotatable bonds is 10. The molecule has 4 aromatic rings. The Bertz CT molecular complexity index is 1510. The largest absolute Gasteiger partial charge is 0.444 e. The first-order chi connectivity index (χ1) is 19.5. The zero-order valence-corrected chi connectivity index (χ0v) is 23.7. The highest BCUT2D eigenvalue weighted by Gasteiger charge is 2.32. The van der Waals surface area contributed by atoms with Gasteiger partial charge < -0.3 is 25.1 Å². The number of ether oxygens (including phenoxy) is 1. The van der Waals surface area contributed by atoms with Crippen LogP contribution >= 0.6 is 0 Å². The van der Waals surface area contributed by atoms with Gasteiger partial charge in [-0.25, -0.2) is 4.79 Å². The number of carbonyl (C=O) groups is 3. The summed E-state index contributed by atoms with van der Waals surface area (Å²) >= 11 is 0. The molecule has 1 heterocycles. The van der Waals surface area contributed by atoms with Crippen LogP contribution in [0.5, 0.6) is 0 Å². The molecule has 10 heteroatoms. The third-order valence-corrected chi connectivity index (χ3v) is 6.56. The van der Waals surface area contributed by atoms with Gasteiger partial charge in [0, 0.05) is 20.0 Å². The van der Waals surface area contributed by atoms with Gasteiger partial charge in [0.2, 0.25) is 11.8 Å². The Kier molecular flexibility index (Phi) is 9.01. The number of likely N-dealkylation sites (N-methyl/N-ethyl adjacent to an activating group) is 1. The number of alkyl carbamates (subject to hydrolysis) is 1. The highest BCUT2D eigenvalue weighted by Crippen LogP contribution is 2.26. The molecule has 0 spiro atoms. The lowest BCUT2D eigenvalue weighted by Crippen LogP contribution is -2.44. The number of hydrogen-bond donors (Lipinski definition) is 2. The molecule has 4 rings (SSSR count). The van der Waals surface area contributed by atoms with Gasteiger partial charge in [0.25, 0.3) is 0 Å². The smallest absolute Gasteiger partial charge is 0.407 e. The lowest BCUT2D eigenvalue weighted by Gasteiger charge is -2.30. The molecular weight excluding hydrogens is 522 g/mol. The lowest BCUT2D eigenvalue weighted by molar-refractivity contribution is -0.136. The zero-order chi connectivity index (χ0) is 29.6. The Balaban J connectivity index is 1.63. The molecule has 3 N–H and O–H groups in total. The average molecular weight is 558 g/mol. The summed E-state index contributed by atoms with van der Waals surface area (Å²) in [4.78, 5) is 39.8. The minimum atomic E-state index is -0.855. The summed E-state index contributed by atoms with van der Waals surface area (Å²) < 4.78 is 11.0. The molecule has 0 radical (unpaired) electrons. The molecule has 0 aliphatic rings. The number of carbonyl (C=O) groups excluding carboxylic acids is 3. The molecule has 10 nitrogen and oxygen atoms in total. The summed E-state index contributed by atoms with van der Waals surface area (Å²) in [6, 6.07) is 22.9. The summed E-state index contributed by atoms with van der Waals surface area (Å²) in [7, 11) is 1.64. The van der Waals surface area contributed by atoms with Crippen molar-refractivity contribution in [1.29, 1.82) is 0 Å². The normalized spacial score (nSPS) is 12.9. The number of nitrogens with two attached hydrogens (primary N) is 1. The molecule has 1 aromatic heterocycles. The molecule has 0 unspecified atom stereocenters. The summed E-state index contributed by atoms with van der Waals surface area (Å²) in [5.41, 5.74) is 6.51. The molecule has 3 amide bonds. The average Bonchev–Trinajstić information content (AvgIpc) is 3.43. The maximum absolute atomic E-state index is 14.1. The Morgan fingerprint density at radius 1 is 0.927 bits per heavy atom. The first kappa shape index (κ1) is 29.3. The fourth-order valence-corrected chi connectivity index (χ4v) is 4.56. The topological polar surface area (TPSA) is 141 Å². The quantitative estimate of drug-likeness (QED) is 0.294. The van der Waals surface area contributed by atoms with Gasteiger partial charge in [-0.1, -0.05) is 72.8 Å². The third kappa shape index (κ3) is 7.91. The number of fused-ring (bicyclic) bond motifs is 1. The highest BCUT2D eigenvalue weighted by atomic mass is 16.6. The summed E-state index contributed by atoms with van der Waals surface area (Å²) in [5.74, 6) is -2.01. The van der Waals surface area contributed by atoms with E-state index in [1.54, 1.807) is 27.8 Å². The van der Waals surface area contributed by atoms with Gasteiger partial charge in [-0.15, -0.1) is 10.2 Å². The van der Waals surface area contributed by atoms with Crippen LogP contribution in [-0.4, -0.2) is 52.2 Å². The number of primary amides is 1. The highest BCUT2D eigenvalue weighted by molar-refractivity contribution is 5.87. The van der Waals surface area contributed by atoms with Gasteiger partial charge in [0.15, 0.2) is 0 Å². The van der Waals surface area contributed by atoms with Gasteiger partial charge in [-0.3, -0.25) is 9.59 Å². The molecule has 0 saturated heterocycles. The number of nitrogens with zero attached hydrogens (tertiary/aromatic N) is 3. The second-order valence-corrected chi connectivity index (χ2v) is 10.9. The Labute approximate surface area is 238 Å². The zero-order valence-electron chi connectivity index (χ0n) is 23.7. The van der Waals surface area contributed by atoms with Gasteiger partial charge in [-0.2, -0.15) is 0 Å².